The van der Waals surface area contributed by atoms with Gasteiger partial charge in [0.15, 0.2) is 5.75 Å². The van der Waals surface area contributed by atoms with Gasteiger partial charge >= 0.3 is 17.7 Å². The van der Waals surface area contributed by atoms with Gasteiger partial charge in [-0.05, 0) is 39.3 Å². The van der Waals surface area contributed by atoms with Crippen molar-refractivity contribution in [2.45, 2.75) is 39.2 Å². The smallest absolute Gasteiger partial charge is 0.412 e. The third-order valence-corrected chi connectivity index (χ3v) is 2.61. The summed E-state index contributed by atoms with van der Waals surface area (Å²) in [6.07, 6.45) is -0.728. The number of para-hydroxylation sites is 1. The summed E-state index contributed by atoms with van der Waals surface area (Å²) in [5.41, 5.74) is -1.23. The van der Waals surface area contributed by atoms with Gasteiger partial charge in [0.25, 0.3) is 0 Å². The number of carboxylic acids is 1. The monoisotopic (exact) mass is 340 g/mol. The lowest BCUT2D eigenvalue weighted by molar-refractivity contribution is -0.384. The Morgan fingerprint density at radius 3 is 2.54 bits per heavy atom. The molecule has 1 amide bonds. The molecule has 0 radical (unpaired) electrons. The molecule has 0 aliphatic heterocycles. The number of hydrogen-bond donors (Lipinski definition) is 2. The van der Waals surface area contributed by atoms with E-state index in [2.05, 4.69) is 5.32 Å². The van der Waals surface area contributed by atoms with Crippen LogP contribution in [0.4, 0.5) is 16.2 Å². The van der Waals surface area contributed by atoms with Crippen LogP contribution >= 0.6 is 0 Å². The molecule has 0 heterocycles. The van der Waals surface area contributed by atoms with Gasteiger partial charge in [0.05, 0.1) is 11.5 Å². The normalized spacial score (nSPS) is 10.8. The number of hydrogen-bond acceptors (Lipinski definition) is 6. The summed E-state index contributed by atoms with van der Waals surface area (Å²) in [5.74, 6) is -1.03. The van der Waals surface area contributed by atoms with Crippen LogP contribution in [0.25, 0.3) is 0 Å². The second kappa shape index (κ2) is 8.14. The number of nitro benzene ring substituents is 1. The minimum Gasteiger partial charge on any atom is -0.487 e. The number of nitrogens with one attached hydrogen (secondary N) is 1. The van der Waals surface area contributed by atoms with E-state index in [9.17, 15) is 19.7 Å². The van der Waals surface area contributed by atoms with Crippen LogP contribution in [0.2, 0.25) is 0 Å². The van der Waals surface area contributed by atoms with Crippen molar-refractivity contribution in [2.24, 2.45) is 0 Å². The molecule has 0 saturated heterocycles. The molecule has 24 heavy (non-hydrogen) atoms. The Morgan fingerprint density at radius 1 is 1.33 bits per heavy atom. The number of anilines is 1. The zero-order valence-electron chi connectivity index (χ0n) is 13.7. The highest BCUT2D eigenvalue weighted by atomic mass is 16.6. The Morgan fingerprint density at radius 2 is 2.00 bits per heavy atom. The van der Waals surface area contributed by atoms with Gasteiger partial charge in [-0.3, -0.25) is 20.2 Å². The fourth-order valence-corrected chi connectivity index (χ4v) is 1.75. The summed E-state index contributed by atoms with van der Waals surface area (Å²) in [6.45, 7) is 5.01. The Hall–Kier alpha value is -2.84. The number of carbonyl (C=O) groups excluding carboxylic acids is 1. The van der Waals surface area contributed by atoms with Gasteiger partial charge in [0.1, 0.15) is 11.3 Å². The van der Waals surface area contributed by atoms with Crippen LogP contribution in [0.5, 0.6) is 5.75 Å². The minimum absolute atomic E-state index is 0.00301. The van der Waals surface area contributed by atoms with Crippen LogP contribution < -0.4 is 10.1 Å². The van der Waals surface area contributed by atoms with Crippen LogP contribution in [0.3, 0.4) is 0 Å². The lowest BCUT2D eigenvalue weighted by Gasteiger charge is -2.19. The second-order valence-corrected chi connectivity index (χ2v) is 5.88. The molecular formula is C15H20N2O7. The van der Waals surface area contributed by atoms with Crippen LogP contribution in [0.1, 0.15) is 33.6 Å². The van der Waals surface area contributed by atoms with E-state index in [-0.39, 0.29) is 30.9 Å². The van der Waals surface area contributed by atoms with Crippen molar-refractivity contribution in [3.63, 3.8) is 0 Å². The highest BCUT2D eigenvalue weighted by Crippen LogP contribution is 2.35. The maximum absolute atomic E-state index is 11.8. The molecule has 1 aromatic carbocycles. The second-order valence-electron chi connectivity index (χ2n) is 5.88. The predicted molar refractivity (Wildman–Crippen MR) is 85.3 cm³/mol. The molecule has 0 saturated carbocycles. The zero-order valence-corrected chi connectivity index (χ0v) is 13.7. The van der Waals surface area contributed by atoms with Crippen LogP contribution in [-0.2, 0) is 9.53 Å². The molecule has 2 N–H and O–H groups in total. The summed E-state index contributed by atoms with van der Waals surface area (Å²) in [4.78, 5) is 32.8. The molecule has 0 aromatic heterocycles. The molecule has 9 nitrogen and oxygen atoms in total. The van der Waals surface area contributed by atoms with Crippen LogP contribution in [0, 0.1) is 10.1 Å². The summed E-state index contributed by atoms with van der Waals surface area (Å²) < 4.78 is 10.3. The number of carboxylic acid groups (broad SMARTS) is 1. The fraction of sp³-hybridized carbons (Fsp3) is 0.467. The molecule has 0 atom stereocenters. The largest absolute Gasteiger partial charge is 0.487 e. The number of benzene rings is 1. The molecule has 0 bridgehead atoms. The summed E-state index contributed by atoms with van der Waals surface area (Å²) >= 11 is 0. The highest BCUT2D eigenvalue weighted by Gasteiger charge is 2.24. The average molecular weight is 340 g/mol. The molecule has 0 spiro atoms. The van der Waals surface area contributed by atoms with Crippen molar-refractivity contribution in [2.75, 3.05) is 11.9 Å². The minimum atomic E-state index is -0.978. The Kier molecular flexibility index (Phi) is 6.51. The van der Waals surface area contributed by atoms with Crippen molar-refractivity contribution < 1.29 is 29.1 Å². The molecule has 132 valence electrons. The number of nitrogens with zero attached hydrogens (tertiary/aromatic N) is 1. The standard InChI is InChI=1S/C15H20N2O7/c1-15(2,3)24-14(20)16-10-6-4-7-11(13(10)17(21)22)23-9-5-8-12(18)19/h4,6-7H,5,8-9H2,1-3H3,(H,16,20)(H,18,19). The lowest BCUT2D eigenvalue weighted by Crippen LogP contribution is -2.27. The average Bonchev–Trinajstić information content (AvgIpc) is 2.41. The third-order valence-electron chi connectivity index (χ3n) is 2.61. The number of nitro groups is 1. The van der Waals surface area contributed by atoms with Gasteiger partial charge < -0.3 is 14.6 Å². The van der Waals surface area contributed by atoms with E-state index in [1.54, 1.807) is 20.8 Å². The van der Waals surface area contributed by atoms with Crippen LogP contribution in [0.15, 0.2) is 18.2 Å². The molecule has 0 fully saturated rings. The van der Waals surface area contributed by atoms with E-state index in [0.717, 1.165) is 0 Å². The van der Waals surface area contributed by atoms with Crippen LogP contribution in [-0.4, -0.2) is 34.3 Å². The van der Waals surface area contributed by atoms with Crippen molar-refractivity contribution >= 4 is 23.4 Å². The first-order valence-corrected chi connectivity index (χ1v) is 7.22. The summed E-state index contributed by atoms with van der Waals surface area (Å²) in [7, 11) is 0. The van der Waals surface area contributed by atoms with Gasteiger partial charge in [-0.15, -0.1) is 0 Å². The van der Waals surface area contributed by atoms with Crippen molar-refractivity contribution in [3.05, 3.63) is 28.3 Å². The highest BCUT2D eigenvalue weighted by molar-refractivity contribution is 5.89. The molecule has 1 rings (SSSR count). The molecule has 0 aliphatic rings. The first-order valence-electron chi connectivity index (χ1n) is 7.22. The van der Waals surface area contributed by atoms with Crippen molar-refractivity contribution in [1.29, 1.82) is 0 Å². The zero-order chi connectivity index (χ0) is 18.3. The number of amides is 1. The number of carbonyl (C=O) groups is 2. The van der Waals surface area contributed by atoms with Crippen molar-refractivity contribution in [1.82, 2.24) is 0 Å². The molecule has 0 aliphatic carbocycles. The van der Waals surface area contributed by atoms with Crippen molar-refractivity contribution in [3.8, 4) is 5.75 Å². The van der Waals surface area contributed by atoms with E-state index in [1.807, 2.05) is 0 Å². The van der Waals surface area contributed by atoms with E-state index in [0.29, 0.717) is 0 Å². The first-order chi connectivity index (χ1) is 11.1. The van der Waals surface area contributed by atoms with Gasteiger partial charge in [-0.1, -0.05) is 6.07 Å². The van der Waals surface area contributed by atoms with Gasteiger partial charge in [0, 0.05) is 6.42 Å². The Bertz CT molecular complexity index is 623. The predicted octanol–water partition coefficient (Wildman–Crippen LogP) is 3.19. The molecule has 0 unspecified atom stereocenters. The Balaban J connectivity index is 2.89. The third kappa shape index (κ3) is 6.51. The maximum atomic E-state index is 11.8. The summed E-state index contributed by atoms with van der Waals surface area (Å²) in [5, 5.41) is 22.2. The topological polar surface area (TPSA) is 128 Å². The molecular weight excluding hydrogens is 320 g/mol. The fourth-order valence-electron chi connectivity index (χ4n) is 1.75. The van der Waals surface area contributed by atoms with E-state index in [1.165, 1.54) is 18.2 Å². The lowest BCUT2D eigenvalue weighted by atomic mass is 10.2. The number of ether oxygens (including phenoxy) is 2. The maximum Gasteiger partial charge on any atom is 0.412 e. The number of rotatable bonds is 7. The van der Waals surface area contributed by atoms with Gasteiger partial charge in [-0.2, -0.15) is 0 Å². The van der Waals surface area contributed by atoms with E-state index >= 15 is 0 Å². The first kappa shape index (κ1) is 19.2. The SMILES string of the molecule is CC(C)(C)OC(=O)Nc1cccc(OCCCC(=O)O)c1[N+](=O)[O-]. The quantitative estimate of drug-likeness (QED) is 0.443. The van der Waals surface area contributed by atoms with Gasteiger partial charge in [-0.25, -0.2) is 4.79 Å². The van der Waals surface area contributed by atoms with E-state index in [4.69, 9.17) is 14.6 Å². The Labute approximate surface area is 138 Å². The van der Waals surface area contributed by atoms with Gasteiger partial charge in [0.2, 0.25) is 0 Å². The van der Waals surface area contributed by atoms with E-state index < -0.39 is 28.3 Å². The molecule has 9 heteroatoms. The summed E-state index contributed by atoms with van der Waals surface area (Å²) in [6, 6.07) is 4.21. The number of aliphatic carboxylic acids is 1. The molecule has 1 aromatic rings.